The lowest BCUT2D eigenvalue weighted by molar-refractivity contribution is -0.139. The van der Waals surface area contributed by atoms with Gasteiger partial charge in [0.15, 0.2) is 0 Å². The second-order valence-electron chi connectivity index (χ2n) is 9.50. The number of sulfonamides is 1. The standard InChI is InChI=1S/C30H36FN3O6S/c1-6-21(2)32-30(36)22(3)33(19-23-11-13-24(31)14-12-23)29(35)20-34(27-9-7-8-10-28(27)40-5)41(37,38)26-17-15-25(39-4)16-18-26/h7-18,21-22H,6,19-20H2,1-5H3,(H,32,36)/t21-,22+/m1/s1. The number of benzene rings is 3. The fraction of sp³-hybridized carbons (Fsp3) is 0.333. The van der Waals surface area contributed by atoms with E-state index in [4.69, 9.17) is 9.47 Å². The lowest BCUT2D eigenvalue weighted by Crippen LogP contribution is -2.52. The van der Waals surface area contributed by atoms with Crippen molar-refractivity contribution in [3.8, 4) is 11.5 Å². The van der Waals surface area contributed by atoms with Crippen molar-refractivity contribution in [1.82, 2.24) is 10.2 Å². The van der Waals surface area contributed by atoms with E-state index in [0.29, 0.717) is 17.7 Å². The van der Waals surface area contributed by atoms with Crippen LogP contribution in [0, 0.1) is 5.82 Å². The number of methoxy groups -OCH3 is 2. The molecule has 0 fully saturated rings. The molecule has 1 N–H and O–H groups in total. The summed E-state index contributed by atoms with van der Waals surface area (Å²) in [5, 5.41) is 2.87. The Labute approximate surface area is 240 Å². The summed E-state index contributed by atoms with van der Waals surface area (Å²) >= 11 is 0. The molecule has 2 atom stereocenters. The molecular weight excluding hydrogens is 549 g/mol. The number of hydrogen-bond acceptors (Lipinski definition) is 6. The van der Waals surface area contributed by atoms with Gasteiger partial charge in [0.05, 0.1) is 24.8 Å². The van der Waals surface area contributed by atoms with Gasteiger partial charge >= 0.3 is 0 Å². The molecule has 220 valence electrons. The van der Waals surface area contributed by atoms with Crippen LogP contribution in [0.4, 0.5) is 10.1 Å². The maximum atomic E-state index is 14.0. The van der Waals surface area contributed by atoms with Crippen LogP contribution in [0.5, 0.6) is 11.5 Å². The van der Waals surface area contributed by atoms with Gasteiger partial charge in [-0.25, -0.2) is 12.8 Å². The molecule has 3 rings (SSSR count). The molecule has 0 aliphatic heterocycles. The molecule has 0 spiro atoms. The van der Waals surface area contributed by atoms with Crippen molar-refractivity contribution < 1.29 is 31.9 Å². The van der Waals surface area contributed by atoms with Gasteiger partial charge in [-0.1, -0.05) is 31.2 Å². The summed E-state index contributed by atoms with van der Waals surface area (Å²) in [7, 11) is -1.41. The first kappa shape index (κ1) is 31.4. The number of amides is 2. The molecule has 2 amide bonds. The van der Waals surface area contributed by atoms with E-state index in [9.17, 15) is 22.4 Å². The third-order valence-electron chi connectivity index (χ3n) is 6.71. The predicted octanol–water partition coefficient (Wildman–Crippen LogP) is 4.37. The molecule has 0 aliphatic rings. The predicted molar refractivity (Wildman–Crippen MR) is 155 cm³/mol. The second kappa shape index (κ2) is 14.0. The first-order chi connectivity index (χ1) is 19.5. The van der Waals surface area contributed by atoms with Crippen LogP contribution >= 0.6 is 0 Å². The molecule has 0 aliphatic carbocycles. The third kappa shape index (κ3) is 7.75. The van der Waals surface area contributed by atoms with Crippen LogP contribution in [0.3, 0.4) is 0 Å². The van der Waals surface area contributed by atoms with Gasteiger partial charge in [-0.05, 0) is 74.4 Å². The molecule has 0 saturated carbocycles. The van der Waals surface area contributed by atoms with E-state index in [2.05, 4.69) is 5.32 Å². The Hall–Kier alpha value is -4.12. The normalized spacial score (nSPS) is 12.6. The summed E-state index contributed by atoms with van der Waals surface area (Å²) in [6.45, 7) is 4.67. The summed E-state index contributed by atoms with van der Waals surface area (Å²) in [6.07, 6.45) is 0.687. The molecule has 0 radical (unpaired) electrons. The number of ether oxygens (including phenoxy) is 2. The minimum Gasteiger partial charge on any atom is -0.497 e. The topological polar surface area (TPSA) is 105 Å². The highest BCUT2D eigenvalue weighted by molar-refractivity contribution is 7.92. The molecule has 3 aromatic rings. The highest BCUT2D eigenvalue weighted by atomic mass is 32.2. The quantitative estimate of drug-likeness (QED) is 0.320. The second-order valence-corrected chi connectivity index (χ2v) is 11.4. The van der Waals surface area contributed by atoms with E-state index in [1.54, 1.807) is 25.1 Å². The summed E-state index contributed by atoms with van der Waals surface area (Å²) in [5.41, 5.74) is 0.724. The van der Waals surface area contributed by atoms with E-state index < -0.39 is 40.2 Å². The van der Waals surface area contributed by atoms with Crippen molar-refractivity contribution >= 4 is 27.5 Å². The van der Waals surface area contributed by atoms with Crippen molar-refractivity contribution in [1.29, 1.82) is 0 Å². The molecular formula is C30H36FN3O6S. The molecule has 0 bridgehead atoms. The number of rotatable bonds is 13. The lowest BCUT2D eigenvalue weighted by atomic mass is 10.1. The molecule has 41 heavy (non-hydrogen) atoms. The van der Waals surface area contributed by atoms with Crippen LogP contribution < -0.4 is 19.1 Å². The molecule has 0 saturated heterocycles. The monoisotopic (exact) mass is 585 g/mol. The molecule has 0 heterocycles. The van der Waals surface area contributed by atoms with Crippen LogP contribution in [0.15, 0.2) is 77.7 Å². The van der Waals surface area contributed by atoms with Gasteiger partial charge in [-0.2, -0.15) is 0 Å². The minimum absolute atomic E-state index is 0.0451. The molecule has 11 heteroatoms. The Kier molecular flexibility index (Phi) is 10.7. The number of hydrogen-bond donors (Lipinski definition) is 1. The SMILES string of the molecule is CC[C@@H](C)NC(=O)[C@H](C)N(Cc1ccc(F)cc1)C(=O)CN(c1ccccc1OC)S(=O)(=O)c1ccc(OC)cc1. The van der Waals surface area contributed by atoms with Gasteiger partial charge in [-0.15, -0.1) is 0 Å². The van der Waals surface area contributed by atoms with Gasteiger partial charge < -0.3 is 19.7 Å². The molecule has 0 aromatic heterocycles. The van der Waals surface area contributed by atoms with Crippen molar-refractivity contribution in [2.75, 3.05) is 25.1 Å². The number of carbonyl (C=O) groups is 2. The fourth-order valence-corrected chi connectivity index (χ4v) is 5.48. The van der Waals surface area contributed by atoms with Crippen LogP contribution in [-0.2, 0) is 26.2 Å². The van der Waals surface area contributed by atoms with Gasteiger partial charge in [0, 0.05) is 12.6 Å². The van der Waals surface area contributed by atoms with Gasteiger partial charge in [0.2, 0.25) is 11.8 Å². The Balaban J connectivity index is 2.06. The van der Waals surface area contributed by atoms with Gasteiger partial charge in [0.25, 0.3) is 10.0 Å². The zero-order valence-corrected chi connectivity index (χ0v) is 24.7. The number of nitrogens with zero attached hydrogens (tertiary/aromatic N) is 2. The maximum Gasteiger partial charge on any atom is 0.264 e. The maximum absolute atomic E-state index is 14.0. The Morgan fingerprint density at radius 2 is 1.56 bits per heavy atom. The summed E-state index contributed by atoms with van der Waals surface area (Å²) < 4.78 is 53.1. The smallest absolute Gasteiger partial charge is 0.264 e. The molecule has 0 unspecified atom stereocenters. The summed E-state index contributed by atoms with van der Waals surface area (Å²) in [5.74, 6) is -0.761. The average Bonchev–Trinajstić information content (AvgIpc) is 2.98. The third-order valence-corrected chi connectivity index (χ3v) is 8.49. The average molecular weight is 586 g/mol. The lowest BCUT2D eigenvalue weighted by Gasteiger charge is -2.32. The highest BCUT2D eigenvalue weighted by Crippen LogP contribution is 2.33. The zero-order valence-electron chi connectivity index (χ0n) is 23.8. The van der Waals surface area contributed by atoms with Crippen molar-refractivity contribution in [2.45, 2.75) is 50.7 Å². The minimum atomic E-state index is -4.29. The first-order valence-electron chi connectivity index (χ1n) is 13.2. The van der Waals surface area contributed by atoms with Gasteiger partial charge in [-0.3, -0.25) is 13.9 Å². The van der Waals surface area contributed by atoms with Crippen LogP contribution in [0.2, 0.25) is 0 Å². The Morgan fingerprint density at radius 3 is 2.15 bits per heavy atom. The number of halogens is 1. The number of carbonyl (C=O) groups excluding carboxylic acids is 2. The largest absolute Gasteiger partial charge is 0.497 e. The highest BCUT2D eigenvalue weighted by Gasteiger charge is 2.34. The molecule has 9 nitrogen and oxygen atoms in total. The Bertz CT molecular complexity index is 1430. The van der Waals surface area contributed by atoms with Crippen molar-refractivity contribution in [2.24, 2.45) is 0 Å². The van der Waals surface area contributed by atoms with Crippen LogP contribution in [0.25, 0.3) is 0 Å². The summed E-state index contributed by atoms with van der Waals surface area (Å²) in [6, 6.07) is 16.7. The van der Waals surface area contributed by atoms with E-state index >= 15 is 0 Å². The van der Waals surface area contributed by atoms with E-state index in [1.165, 1.54) is 73.7 Å². The number of nitrogens with one attached hydrogen (secondary N) is 1. The van der Waals surface area contributed by atoms with Crippen molar-refractivity contribution in [3.05, 3.63) is 84.2 Å². The van der Waals surface area contributed by atoms with E-state index in [-0.39, 0.29) is 28.9 Å². The van der Waals surface area contributed by atoms with Gasteiger partial charge in [0.1, 0.15) is 29.9 Å². The number of para-hydroxylation sites is 2. The van der Waals surface area contributed by atoms with Crippen LogP contribution in [0.1, 0.15) is 32.8 Å². The zero-order chi connectivity index (χ0) is 30.2. The van der Waals surface area contributed by atoms with Crippen LogP contribution in [-0.4, -0.2) is 58.0 Å². The summed E-state index contributed by atoms with van der Waals surface area (Å²) in [4.78, 5) is 28.3. The molecule has 3 aromatic carbocycles. The van der Waals surface area contributed by atoms with Crippen molar-refractivity contribution in [3.63, 3.8) is 0 Å². The number of anilines is 1. The first-order valence-corrected chi connectivity index (χ1v) is 14.6. The fourth-order valence-electron chi connectivity index (χ4n) is 4.06. The Morgan fingerprint density at radius 1 is 0.927 bits per heavy atom. The van der Waals surface area contributed by atoms with E-state index in [1.807, 2.05) is 13.8 Å². The van der Waals surface area contributed by atoms with E-state index in [0.717, 1.165) is 4.31 Å².